The van der Waals surface area contributed by atoms with Crippen LogP contribution < -0.4 is 10.1 Å². The summed E-state index contributed by atoms with van der Waals surface area (Å²) in [6.07, 6.45) is 1.76. The number of hydrogen-bond acceptors (Lipinski definition) is 7. The Kier molecular flexibility index (Phi) is 3.90. The highest BCUT2D eigenvalue weighted by molar-refractivity contribution is 7.15. The van der Waals surface area contributed by atoms with Crippen LogP contribution in [0.5, 0.6) is 0 Å². The number of thiophene rings is 1. The van der Waals surface area contributed by atoms with E-state index in [2.05, 4.69) is 14.8 Å². The smallest absolute Gasteiger partial charge is 0.337 e. The van der Waals surface area contributed by atoms with Gasteiger partial charge in [-0.05, 0) is 35.2 Å². The van der Waals surface area contributed by atoms with E-state index in [1.807, 2.05) is 17.5 Å². The van der Waals surface area contributed by atoms with Gasteiger partial charge < -0.3 is 4.74 Å². The van der Waals surface area contributed by atoms with Gasteiger partial charge >= 0.3 is 5.97 Å². The lowest BCUT2D eigenvalue weighted by molar-refractivity contribution is 0.0600. The third-order valence-electron chi connectivity index (χ3n) is 3.55. The van der Waals surface area contributed by atoms with Gasteiger partial charge in [0.15, 0.2) is 5.82 Å². The molecule has 124 valence electrons. The first kappa shape index (κ1) is 15.7. The maximum Gasteiger partial charge on any atom is 0.337 e. The van der Waals surface area contributed by atoms with E-state index < -0.39 is 5.97 Å². The lowest BCUT2D eigenvalue weighted by Crippen LogP contribution is -2.23. The second-order valence-corrected chi connectivity index (χ2v) is 7.09. The van der Waals surface area contributed by atoms with Crippen LogP contribution in [0.2, 0.25) is 0 Å². The van der Waals surface area contributed by atoms with Crippen molar-refractivity contribution in [1.82, 2.24) is 14.6 Å². The molecule has 0 saturated heterocycles. The van der Waals surface area contributed by atoms with E-state index in [4.69, 9.17) is 0 Å². The number of carbonyl (C=O) groups is 1. The van der Waals surface area contributed by atoms with Crippen molar-refractivity contribution in [3.05, 3.63) is 67.8 Å². The van der Waals surface area contributed by atoms with E-state index in [0.717, 1.165) is 10.4 Å². The van der Waals surface area contributed by atoms with E-state index >= 15 is 0 Å². The zero-order chi connectivity index (χ0) is 17.4. The zero-order valence-corrected chi connectivity index (χ0v) is 14.6. The molecule has 4 rings (SSSR count). The third kappa shape index (κ3) is 2.86. The molecule has 0 saturated carbocycles. The molecule has 3 aromatic heterocycles. The van der Waals surface area contributed by atoms with Crippen molar-refractivity contribution in [3.63, 3.8) is 0 Å². The van der Waals surface area contributed by atoms with Gasteiger partial charge in [0.05, 0.1) is 22.1 Å². The summed E-state index contributed by atoms with van der Waals surface area (Å²) < 4.78 is 6.54. The minimum atomic E-state index is -0.393. The summed E-state index contributed by atoms with van der Waals surface area (Å²) in [5.41, 5.74) is 1.07. The molecule has 0 aliphatic rings. The van der Waals surface area contributed by atoms with Crippen LogP contribution in [0.25, 0.3) is 21.7 Å². The normalized spacial score (nSPS) is 12.0. The quantitative estimate of drug-likeness (QED) is 0.518. The lowest BCUT2D eigenvalue weighted by atomic mass is 10.1. The van der Waals surface area contributed by atoms with Gasteiger partial charge in [-0.25, -0.2) is 4.79 Å². The predicted molar refractivity (Wildman–Crippen MR) is 97.0 cm³/mol. The SMILES string of the molecule is COC(=O)c1ccc(C=c2sc3nc(-c4cccs4)nn3c2=O)cc1. The number of aromatic nitrogens is 3. The molecule has 0 radical (unpaired) electrons. The molecule has 8 heteroatoms. The Morgan fingerprint density at radius 2 is 2.04 bits per heavy atom. The van der Waals surface area contributed by atoms with Gasteiger partial charge in [0.25, 0.3) is 5.56 Å². The van der Waals surface area contributed by atoms with Crippen LogP contribution in [0.1, 0.15) is 15.9 Å². The van der Waals surface area contributed by atoms with Crippen molar-refractivity contribution in [3.8, 4) is 10.7 Å². The van der Waals surface area contributed by atoms with Crippen molar-refractivity contribution in [2.24, 2.45) is 0 Å². The predicted octanol–water partition coefficient (Wildman–Crippen LogP) is 2.21. The van der Waals surface area contributed by atoms with Crippen molar-refractivity contribution in [2.45, 2.75) is 0 Å². The van der Waals surface area contributed by atoms with E-state index in [1.54, 1.807) is 30.3 Å². The van der Waals surface area contributed by atoms with E-state index in [0.29, 0.717) is 20.9 Å². The molecule has 0 atom stereocenters. The zero-order valence-electron chi connectivity index (χ0n) is 13.0. The van der Waals surface area contributed by atoms with Crippen molar-refractivity contribution < 1.29 is 9.53 Å². The Labute approximate surface area is 149 Å². The fourth-order valence-corrected chi connectivity index (χ4v) is 3.89. The van der Waals surface area contributed by atoms with Crippen molar-refractivity contribution in [1.29, 1.82) is 0 Å². The lowest BCUT2D eigenvalue weighted by Gasteiger charge is -1.98. The third-order valence-corrected chi connectivity index (χ3v) is 5.38. The Hall–Kier alpha value is -2.84. The molecular weight excluding hydrogens is 358 g/mol. The van der Waals surface area contributed by atoms with Crippen molar-refractivity contribution in [2.75, 3.05) is 7.11 Å². The average Bonchev–Trinajstić information content (AvgIpc) is 3.34. The van der Waals surface area contributed by atoms with Gasteiger partial charge in [0.1, 0.15) is 0 Å². The summed E-state index contributed by atoms with van der Waals surface area (Å²) in [4.78, 5) is 29.9. The molecule has 0 aliphatic carbocycles. The van der Waals surface area contributed by atoms with Gasteiger partial charge in [-0.2, -0.15) is 9.50 Å². The minimum Gasteiger partial charge on any atom is -0.465 e. The number of nitrogens with zero attached hydrogens (tertiary/aromatic N) is 3. The fourth-order valence-electron chi connectivity index (χ4n) is 2.33. The first-order valence-electron chi connectivity index (χ1n) is 7.29. The second kappa shape index (κ2) is 6.23. The summed E-state index contributed by atoms with van der Waals surface area (Å²) >= 11 is 2.82. The summed E-state index contributed by atoms with van der Waals surface area (Å²) in [7, 11) is 1.34. The molecule has 0 bridgehead atoms. The van der Waals surface area contributed by atoms with Crippen LogP contribution in [-0.4, -0.2) is 27.7 Å². The number of fused-ring (bicyclic) bond motifs is 1. The summed E-state index contributed by atoms with van der Waals surface area (Å²) in [5, 5.41) is 6.24. The van der Waals surface area contributed by atoms with Crippen LogP contribution in [0.15, 0.2) is 46.6 Å². The monoisotopic (exact) mass is 369 g/mol. The molecule has 3 heterocycles. The molecule has 4 aromatic rings. The number of ether oxygens (including phenoxy) is 1. The van der Waals surface area contributed by atoms with Crippen molar-refractivity contribution >= 4 is 39.7 Å². The highest BCUT2D eigenvalue weighted by atomic mass is 32.1. The van der Waals surface area contributed by atoms with Gasteiger partial charge in [0.2, 0.25) is 4.96 Å². The molecule has 0 spiro atoms. The number of benzene rings is 1. The molecule has 6 nitrogen and oxygen atoms in total. The van der Waals surface area contributed by atoms with Gasteiger partial charge in [-0.1, -0.05) is 29.5 Å². The highest BCUT2D eigenvalue weighted by Crippen LogP contribution is 2.21. The molecular formula is C17H11N3O3S2. The summed E-state index contributed by atoms with van der Waals surface area (Å²) in [6.45, 7) is 0. The fraction of sp³-hybridized carbons (Fsp3) is 0.0588. The summed E-state index contributed by atoms with van der Waals surface area (Å²) in [6, 6.07) is 10.7. The van der Waals surface area contributed by atoms with E-state index in [1.165, 1.54) is 34.3 Å². The standard InChI is InChI=1S/C17H11N3O3S2/c1-23-16(22)11-6-4-10(5-7-11)9-13-15(21)20-17(25-13)18-14(19-20)12-3-2-8-24-12/h2-9H,1H3. The number of rotatable bonds is 3. The Balaban J connectivity index is 1.73. The van der Waals surface area contributed by atoms with Crippen LogP contribution in [-0.2, 0) is 4.74 Å². The first-order valence-corrected chi connectivity index (χ1v) is 8.99. The van der Waals surface area contributed by atoms with Crippen LogP contribution in [0.4, 0.5) is 0 Å². The molecule has 0 fully saturated rings. The molecule has 0 unspecified atom stereocenters. The number of thiazole rings is 1. The first-order chi connectivity index (χ1) is 12.2. The topological polar surface area (TPSA) is 73.6 Å². The van der Waals surface area contributed by atoms with Crippen LogP contribution in [0.3, 0.4) is 0 Å². The average molecular weight is 369 g/mol. The Bertz CT molecular complexity index is 1160. The van der Waals surface area contributed by atoms with Crippen LogP contribution >= 0.6 is 22.7 Å². The largest absolute Gasteiger partial charge is 0.465 e. The van der Waals surface area contributed by atoms with Gasteiger partial charge in [-0.15, -0.1) is 16.4 Å². The molecule has 0 N–H and O–H groups in total. The van der Waals surface area contributed by atoms with E-state index in [-0.39, 0.29) is 5.56 Å². The van der Waals surface area contributed by atoms with Gasteiger partial charge in [-0.3, -0.25) is 4.79 Å². The number of methoxy groups -OCH3 is 1. The number of hydrogen-bond donors (Lipinski definition) is 0. The maximum absolute atomic E-state index is 12.5. The number of esters is 1. The molecule has 0 aliphatic heterocycles. The Morgan fingerprint density at radius 1 is 1.24 bits per heavy atom. The highest BCUT2D eigenvalue weighted by Gasteiger charge is 2.12. The minimum absolute atomic E-state index is 0.202. The molecule has 0 amide bonds. The second-order valence-electron chi connectivity index (χ2n) is 5.14. The van der Waals surface area contributed by atoms with E-state index in [9.17, 15) is 9.59 Å². The summed E-state index contributed by atoms with van der Waals surface area (Å²) in [5.74, 6) is 0.170. The maximum atomic E-state index is 12.5. The van der Waals surface area contributed by atoms with Crippen LogP contribution in [0, 0.1) is 0 Å². The van der Waals surface area contributed by atoms with Gasteiger partial charge in [0, 0.05) is 0 Å². The number of carbonyl (C=O) groups excluding carboxylic acids is 1. The molecule has 25 heavy (non-hydrogen) atoms. The Morgan fingerprint density at radius 3 is 2.68 bits per heavy atom. The molecule has 1 aromatic carbocycles.